The minimum atomic E-state index is -2.39. The maximum Gasteiger partial charge on any atom is 0.325 e. The van der Waals surface area contributed by atoms with Crippen LogP contribution < -0.4 is 20.5 Å². The molecular weight excluding hydrogens is 471 g/mol. The van der Waals surface area contributed by atoms with Crippen molar-refractivity contribution in [1.82, 2.24) is 20.7 Å². The molecule has 2 amide bonds. The minimum absolute atomic E-state index is 0.155. The Labute approximate surface area is 209 Å². The quantitative estimate of drug-likeness (QED) is 0.605. The number of halogens is 3. The van der Waals surface area contributed by atoms with Crippen molar-refractivity contribution in [1.29, 1.82) is 0 Å². The van der Waals surface area contributed by atoms with Crippen LogP contribution in [0.4, 0.5) is 23.7 Å². The molecule has 10 heteroatoms. The molecule has 0 atom stereocenters. The molecule has 0 saturated carbocycles. The van der Waals surface area contributed by atoms with Gasteiger partial charge in [-0.3, -0.25) is 20.7 Å². The van der Waals surface area contributed by atoms with Crippen molar-refractivity contribution in [2.75, 3.05) is 51.3 Å². The molecule has 0 bridgehead atoms. The zero-order valence-electron chi connectivity index (χ0n) is 20.4. The van der Waals surface area contributed by atoms with E-state index in [0.29, 0.717) is 49.7 Å². The van der Waals surface area contributed by atoms with Gasteiger partial charge in [-0.25, -0.2) is 18.0 Å². The van der Waals surface area contributed by atoms with Crippen LogP contribution in [0.25, 0.3) is 0 Å². The van der Waals surface area contributed by atoms with Crippen LogP contribution in [-0.4, -0.2) is 74.2 Å². The Morgan fingerprint density at radius 1 is 1.08 bits per heavy atom. The number of methoxy groups -OCH3 is 1. The van der Waals surface area contributed by atoms with E-state index in [2.05, 4.69) is 23.0 Å². The van der Waals surface area contributed by atoms with E-state index in [1.807, 2.05) is 12.1 Å². The van der Waals surface area contributed by atoms with Crippen molar-refractivity contribution < 1.29 is 22.7 Å². The molecule has 0 unspecified atom stereocenters. The standard InChI is InChI=1S/C26H32F3N5O2/c1-36-23-11-18(10-21(27)12-23)15-34-25(35)33(17-26(34)6-8-32(9-7-26)16-24(28)29)22-4-2-19(3-5-22)20-13-30-31-14-20/h2-5,10-12,20,24,30-31H,6-9,13-17H2,1H3. The summed E-state index contributed by atoms with van der Waals surface area (Å²) in [5.41, 5.74) is 8.38. The molecule has 3 saturated heterocycles. The Morgan fingerprint density at radius 3 is 2.42 bits per heavy atom. The lowest BCUT2D eigenvalue weighted by Gasteiger charge is -2.43. The molecular formula is C26H32F3N5O2. The number of urea groups is 1. The lowest BCUT2D eigenvalue weighted by molar-refractivity contribution is 0.0340. The molecule has 7 nitrogen and oxygen atoms in total. The summed E-state index contributed by atoms with van der Waals surface area (Å²) in [7, 11) is 1.48. The third kappa shape index (κ3) is 5.02. The highest BCUT2D eigenvalue weighted by molar-refractivity contribution is 5.95. The van der Waals surface area contributed by atoms with Crippen LogP contribution in [-0.2, 0) is 6.54 Å². The number of alkyl halides is 2. The number of hydrogen-bond acceptors (Lipinski definition) is 5. The summed E-state index contributed by atoms with van der Waals surface area (Å²) in [5.74, 6) is 0.333. The number of nitrogens with one attached hydrogen (secondary N) is 2. The minimum Gasteiger partial charge on any atom is -0.497 e. The zero-order valence-corrected chi connectivity index (χ0v) is 20.4. The van der Waals surface area contributed by atoms with Gasteiger partial charge in [-0.2, -0.15) is 0 Å². The van der Waals surface area contributed by atoms with Gasteiger partial charge in [0.2, 0.25) is 0 Å². The molecule has 3 aliphatic heterocycles. The number of amides is 2. The first-order chi connectivity index (χ1) is 17.4. The largest absolute Gasteiger partial charge is 0.497 e. The molecule has 3 aliphatic rings. The van der Waals surface area contributed by atoms with Gasteiger partial charge in [-0.15, -0.1) is 0 Å². The molecule has 2 aromatic carbocycles. The molecule has 0 aliphatic carbocycles. The Bertz CT molecular complexity index is 1070. The van der Waals surface area contributed by atoms with Crippen molar-refractivity contribution in [2.45, 2.75) is 37.3 Å². The smallest absolute Gasteiger partial charge is 0.325 e. The Morgan fingerprint density at radius 2 is 1.78 bits per heavy atom. The van der Waals surface area contributed by atoms with Crippen molar-refractivity contribution in [2.24, 2.45) is 0 Å². The first-order valence-corrected chi connectivity index (χ1v) is 12.4. The number of likely N-dealkylation sites (tertiary alicyclic amines) is 1. The van der Waals surface area contributed by atoms with Gasteiger partial charge in [0.05, 0.1) is 25.7 Å². The molecule has 36 heavy (non-hydrogen) atoms. The second-order valence-electron chi connectivity index (χ2n) is 9.92. The number of piperidine rings is 1. The van der Waals surface area contributed by atoms with Gasteiger partial charge in [0.25, 0.3) is 6.43 Å². The third-order valence-electron chi connectivity index (χ3n) is 7.68. The van der Waals surface area contributed by atoms with Gasteiger partial charge >= 0.3 is 6.03 Å². The number of ether oxygens (including phenoxy) is 1. The fourth-order valence-electron chi connectivity index (χ4n) is 5.65. The molecule has 5 rings (SSSR count). The summed E-state index contributed by atoms with van der Waals surface area (Å²) in [6.45, 7) is 3.09. The Hall–Kier alpha value is -2.82. The normalized spacial score (nSPS) is 20.8. The summed E-state index contributed by atoms with van der Waals surface area (Å²) in [5, 5.41) is 0. The van der Waals surface area contributed by atoms with Crippen LogP contribution in [0.15, 0.2) is 42.5 Å². The maximum absolute atomic E-state index is 14.2. The molecule has 194 valence electrons. The van der Waals surface area contributed by atoms with Gasteiger partial charge in [0.15, 0.2) is 0 Å². The average molecular weight is 504 g/mol. The van der Waals surface area contributed by atoms with Crippen molar-refractivity contribution in [3.05, 3.63) is 59.4 Å². The van der Waals surface area contributed by atoms with Gasteiger partial charge in [-0.05, 0) is 48.2 Å². The van der Waals surface area contributed by atoms with Gasteiger partial charge in [0.1, 0.15) is 11.6 Å². The van der Waals surface area contributed by atoms with Gasteiger partial charge in [0, 0.05) is 50.4 Å². The average Bonchev–Trinajstić information content (AvgIpc) is 3.49. The van der Waals surface area contributed by atoms with E-state index in [4.69, 9.17) is 4.74 Å². The maximum atomic E-state index is 14.2. The van der Waals surface area contributed by atoms with Crippen LogP contribution in [0.5, 0.6) is 5.75 Å². The van der Waals surface area contributed by atoms with Crippen molar-refractivity contribution >= 4 is 11.7 Å². The van der Waals surface area contributed by atoms with Crippen LogP contribution in [0.3, 0.4) is 0 Å². The first kappa shape index (κ1) is 24.9. The van der Waals surface area contributed by atoms with E-state index >= 15 is 0 Å². The Balaban J connectivity index is 1.41. The lowest BCUT2D eigenvalue weighted by Crippen LogP contribution is -2.54. The molecule has 1 spiro atoms. The van der Waals surface area contributed by atoms with E-state index in [1.54, 1.807) is 20.8 Å². The highest BCUT2D eigenvalue weighted by Gasteiger charge is 2.51. The van der Waals surface area contributed by atoms with Gasteiger partial charge < -0.3 is 9.64 Å². The summed E-state index contributed by atoms with van der Waals surface area (Å²) in [6.07, 6.45) is -1.24. The first-order valence-electron chi connectivity index (χ1n) is 12.4. The predicted molar refractivity (Wildman–Crippen MR) is 131 cm³/mol. The second-order valence-corrected chi connectivity index (χ2v) is 9.92. The van der Waals surface area contributed by atoms with E-state index in [1.165, 1.54) is 24.8 Å². The topological polar surface area (TPSA) is 60.1 Å². The number of hydrazine groups is 1. The van der Waals surface area contributed by atoms with Crippen LogP contribution in [0, 0.1) is 5.82 Å². The summed E-state index contributed by atoms with van der Waals surface area (Å²) in [4.78, 5) is 19.1. The molecule has 2 N–H and O–H groups in total. The van der Waals surface area contributed by atoms with E-state index < -0.39 is 17.8 Å². The monoisotopic (exact) mass is 503 g/mol. The number of benzene rings is 2. The lowest BCUT2D eigenvalue weighted by atomic mass is 9.86. The molecule has 3 fully saturated rings. The number of nitrogens with zero attached hydrogens (tertiary/aromatic N) is 3. The summed E-state index contributed by atoms with van der Waals surface area (Å²) < 4.78 is 45.4. The van der Waals surface area contributed by atoms with E-state index in [9.17, 15) is 18.0 Å². The number of anilines is 1. The summed E-state index contributed by atoms with van der Waals surface area (Å²) >= 11 is 0. The summed E-state index contributed by atoms with van der Waals surface area (Å²) in [6, 6.07) is 12.3. The fourth-order valence-corrected chi connectivity index (χ4v) is 5.65. The van der Waals surface area contributed by atoms with E-state index in [0.717, 1.165) is 18.8 Å². The van der Waals surface area contributed by atoms with Gasteiger partial charge in [-0.1, -0.05) is 12.1 Å². The van der Waals surface area contributed by atoms with E-state index in [-0.39, 0.29) is 19.1 Å². The van der Waals surface area contributed by atoms with Crippen molar-refractivity contribution in [3.8, 4) is 5.75 Å². The molecule has 2 aromatic rings. The van der Waals surface area contributed by atoms with Crippen molar-refractivity contribution in [3.63, 3.8) is 0 Å². The second kappa shape index (κ2) is 10.3. The van der Waals surface area contributed by atoms with Crippen LogP contribution >= 0.6 is 0 Å². The molecule has 0 aromatic heterocycles. The van der Waals surface area contributed by atoms with Crippen LogP contribution in [0.2, 0.25) is 0 Å². The zero-order chi connectivity index (χ0) is 25.3. The number of hydrogen-bond donors (Lipinski definition) is 2. The number of carbonyl (C=O) groups is 1. The van der Waals surface area contributed by atoms with Crippen LogP contribution in [0.1, 0.15) is 29.9 Å². The number of rotatable bonds is 7. The highest BCUT2D eigenvalue weighted by Crippen LogP contribution is 2.40. The highest BCUT2D eigenvalue weighted by atomic mass is 19.3. The predicted octanol–water partition coefficient (Wildman–Crippen LogP) is 3.57. The molecule has 0 radical (unpaired) electrons. The third-order valence-corrected chi connectivity index (χ3v) is 7.68. The Kier molecular flexibility index (Phi) is 7.09. The fraction of sp³-hybridized carbons (Fsp3) is 0.500. The SMILES string of the molecule is COc1cc(F)cc(CN2C(=O)N(c3ccc(C4CNNC4)cc3)CC23CCN(CC(F)F)CC3)c1. The number of carbonyl (C=O) groups excluding carboxylic acids is 1. The molecule has 3 heterocycles.